The van der Waals surface area contributed by atoms with Crippen LogP contribution in [-0.2, 0) is 0 Å². The van der Waals surface area contributed by atoms with Crippen molar-refractivity contribution < 1.29 is 5.11 Å². The molecule has 0 amide bonds. The number of pyridine rings is 1. The molecule has 16 heavy (non-hydrogen) atoms. The Morgan fingerprint density at radius 3 is 2.75 bits per heavy atom. The first-order valence-electron chi connectivity index (χ1n) is 5.85. The van der Waals surface area contributed by atoms with Crippen LogP contribution in [-0.4, -0.2) is 29.3 Å². The van der Waals surface area contributed by atoms with Gasteiger partial charge in [0.25, 0.3) is 0 Å². The molecule has 0 bridgehead atoms. The molecule has 1 aromatic rings. The van der Waals surface area contributed by atoms with Crippen LogP contribution in [0.15, 0.2) is 18.3 Å². The van der Waals surface area contributed by atoms with Crippen molar-refractivity contribution in [3.8, 4) is 0 Å². The Morgan fingerprint density at radius 1 is 1.44 bits per heavy atom. The summed E-state index contributed by atoms with van der Waals surface area (Å²) in [5, 5.41) is 9.90. The van der Waals surface area contributed by atoms with Crippen LogP contribution in [0.2, 0.25) is 0 Å². The standard InChI is InChI=1S/C13H20N2O/c1-10-4-5-11(8-14-10)15-7-6-12(16)13(2,3)9-15/h4-5,8,12,16H,6-7,9H2,1-3H3. The summed E-state index contributed by atoms with van der Waals surface area (Å²) >= 11 is 0. The van der Waals surface area contributed by atoms with Gasteiger partial charge in [-0.25, -0.2) is 0 Å². The second-order valence-electron chi connectivity index (χ2n) is 5.37. The summed E-state index contributed by atoms with van der Waals surface area (Å²) in [7, 11) is 0. The molecule has 1 aliphatic heterocycles. The maximum atomic E-state index is 9.90. The molecule has 1 aliphatic rings. The minimum Gasteiger partial charge on any atom is -0.392 e. The molecule has 0 aromatic carbocycles. The summed E-state index contributed by atoms with van der Waals surface area (Å²) in [4.78, 5) is 6.62. The van der Waals surface area contributed by atoms with Gasteiger partial charge in [0, 0.05) is 24.2 Å². The zero-order valence-electron chi connectivity index (χ0n) is 10.3. The van der Waals surface area contributed by atoms with E-state index in [0.717, 1.165) is 30.9 Å². The van der Waals surface area contributed by atoms with Crippen LogP contribution in [0, 0.1) is 12.3 Å². The molecule has 1 atom stereocenters. The summed E-state index contributed by atoms with van der Waals surface area (Å²) in [6, 6.07) is 4.14. The highest BCUT2D eigenvalue weighted by atomic mass is 16.3. The van der Waals surface area contributed by atoms with Crippen LogP contribution in [0.3, 0.4) is 0 Å². The van der Waals surface area contributed by atoms with Crippen molar-refractivity contribution in [2.45, 2.75) is 33.3 Å². The van der Waals surface area contributed by atoms with E-state index in [2.05, 4.69) is 29.8 Å². The SMILES string of the molecule is Cc1ccc(N2CCC(O)C(C)(C)C2)cn1. The lowest BCUT2D eigenvalue weighted by Gasteiger charge is -2.42. The summed E-state index contributed by atoms with van der Waals surface area (Å²) in [6.07, 6.45) is 2.56. The minimum absolute atomic E-state index is 0.0386. The average Bonchev–Trinajstić information content (AvgIpc) is 2.23. The summed E-state index contributed by atoms with van der Waals surface area (Å²) < 4.78 is 0. The molecular weight excluding hydrogens is 200 g/mol. The first-order valence-corrected chi connectivity index (χ1v) is 5.85. The monoisotopic (exact) mass is 220 g/mol. The van der Waals surface area contributed by atoms with Gasteiger partial charge in [-0.05, 0) is 25.5 Å². The fourth-order valence-electron chi connectivity index (χ4n) is 2.21. The van der Waals surface area contributed by atoms with E-state index < -0.39 is 0 Å². The van der Waals surface area contributed by atoms with Gasteiger partial charge in [-0.2, -0.15) is 0 Å². The molecule has 0 radical (unpaired) electrons. The molecular formula is C13H20N2O. The van der Waals surface area contributed by atoms with E-state index in [1.807, 2.05) is 19.2 Å². The molecule has 3 heteroatoms. The summed E-state index contributed by atoms with van der Waals surface area (Å²) in [5.41, 5.74) is 2.16. The zero-order valence-corrected chi connectivity index (χ0v) is 10.3. The van der Waals surface area contributed by atoms with Gasteiger partial charge in [0.2, 0.25) is 0 Å². The Hall–Kier alpha value is -1.09. The maximum Gasteiger partial charge on any atom is 0.0624 e. The molecule has 3 nitrogen and oxygen atoms in total. The highest BCUT2D eigenvalue weighted by molar-refractivity contribution is 5.45. The van der Waals surface area contributed by atoms with Gasteiger partial charge < -0.3 is 10.0 Å². The molecule has 2 rings (SSSR count). The van der Waals surface area contributed by atoms with Gasteiger partial charge in [-0.15, -0.1) is 0 Å². The van der Waals surface area contributed by atoms with Crippen LogP contribution in [0.25, 0.3) is 0 Å². The minimum atomic E-state index is -0.192. The fourth-order valence-corrected chi connectivity index (χ4v) is 2.21. The Bertz CT molecular complexity index is 359. The first kappa shape index (κ1) is 11.4. The summed E-state index contributed by atoms with van der Waals surface area (Å²) in [5.74, 6) is 0. The van der Waals surface area contributed by atoms with Crippen LogP contribution >= 0.6 is 0 Å². The largest absolute Gasteiger partial charge is 0.392 e. The number of aryl methyl sites for hydroxylation is 1. The second kappa shape index (κ2) is 4.06. The van der Waals surface area contributed by atoms with Gasteiger partial charge in [0.05, 0.1) is 18.0 Å². The van der Waals surface area contributed by atoms with Gasteiger partial charge in [-0.3, -0.25) is 4.98 Å². The molecule has 1 unspecified atom stereocenters. The van der Waals surface area contributed by atoms with E-state index in [-0.39, 0.29) is 11.5 Å². The van der Waals surface area contributed by atoms with Crippen LogP contribution in [0.4, 0.5) is 5.69 Å². The van der Waals surface area contributed by atoms with Gasteiger partial charge >= 0.3 is 0 Å². The highest BCUT2D eigenvalue weighted by Gasteiger charge is 2.34. The fraction of sp³-hybridized carbons (Fsp3) is 0.615. The van der Waals surface area contributed by atoms with Gasteiger partial charge in [-0.1, -0.05) is 13.8 Å². The number of aromatic nitrogens is 1. The van der Waals surface area contributed by atoms with E-state index in [0.29, 0.717) is 0 Å². The molecule has 0 spiro atoms. The topological polar surface area (TPSA) is 36.4 Å². The third kappa shape index (κ3) is 2.19. The Labute approximate surface area is 97.1 Å². The van der Waals surface area contributed by atoms with Crippen molar-refractivity contribution >= 4 is 5.69 Å². The number of rotatable bonds is 1. The number of aliphatic hydroxyl groups excluding tert-OH is 1. The van der Waals surface area contributed by atoms with Crippen molar-refractivity contribution in [3.05, 3.63) is 24.0 Å². The van der Waals surface area contributed by atoms with E-state index in [9.17, 15) is 5.11 Å². The van der Waals surface area contributed by atoms with E-state index in [1.54, 1.807) is 0 Å². The maximum absolute atomic E-state index is 9.90. The number of aliphatic hydroxyl groups is 1. The van der Waals surface area contributed by atoms with E-state index >= 15 is 0 Å². The lowest BCUT2D eigenvalue weighted by Crippen LogP contribution is -2.48. The highest BCUT2D eigenvalue weighted by Crippen LogP contribution is 2.31. The Morgan fingerprint density at radius 2 is 2.19 bits per heavy atom. The second-order valence-corrected chi connectivity index (χ2v) is 5.37. The third-order valence-electron chi connectivity index (χ3n) is 3.43. The van der Waals surface area contributed by atoms with Gasteiger partial charge in [0.1, 0.15) is 0 Å². The molecule has 88 valence electrons. The molecule has 0 saturated carbocycles. The first-order chi connectivity index (χ1) is 7.49. The van der Waals surface area contributed by atoms with Gasteiger partial charge in [0.15, 0.2) is 0 Å². The molecule has 1 fully saturated rings. The number of piperidine rings is 1. The van der Waals surface area contributed by atoms with Crippen molar-refractivity contribution in [1.82, 2.24) is 4.98 Å². The quantitative estimate of drug-likeness (QED) is 0.786. The lowest BCUT2D eigenvalue weighted by atomic mass is 9.81. The zero-order chi connectivity index (χ0) is 11.8. The number of nitrogens with zero attached hydrogens (tertiary/aromatic N) is 2. The molecule has 0 aliphatic carbocycles. The van der Waals surface area contributed by atoms with Crippen LogP contribution in [0.5, 0.6) is 0 Å². The third-order valence-corrected chi connectivity index (χ3v) is 3.43. The molecule has 1 aromatic heterocycles. The summed E-state index contributed by atoms with van der Waals surface area (Å²) in [6.45, 7) is 8.03. The van der Waals surface area contributed by atoms with Crippen molar-refractivity contribution in [2.24, 2.45) is 5.41 Å². The van der Waals surface area contributed by atoms with Crippen molar-refractivity contribution in [1.29, 1.82) is 0 Å². The van der Waals surface area contributed by atoms with Crippen LogP contribution < -0.4 is 4.90 Å². The number of hydrogen-bond donors (Lipinski definition) is 1. The lowest BCUT2D eigenvalue weighted by molar-refractivity contribution is 0.0336. The van der Waals surface area contributed by atoms with Crippen LogP contribution in [0.1, 0.15) is 26.0 Å². The van der Waals surface area contributed by atoms with E-state index in [1.165, 1.54) is 0 Å². The molecule has 1 saturated heterocycles. The normalized spacial score (nSPS) is 24.5. The van der Waals surface area contributed by atoms with E-state index in [4.69, 9.17) is 0 Å². The predicted molar refractivity (Wildman–Crippen MR) is 65.6 cm³/mol. The van der Waals surface area contributed by atoms with Crippen molar-refractivity contribution in [3.63, 3.8) is 0 Å². The number of hydrogen-bond acceptors (Lipinski definition) is 3. The number of anilines is 1. The Balaban J connectivity index is 2.14. The van der Waals surface area contributed by atoms with Crippen molar-refractivity contribution in [2.75, 3.05) is 18.0 Å². The predicted octanol–water partition coefficient (Wildman–Crippen LogP) is 1.99. The molecule has 2 heterocycles. The average molecular weight is 220 g/mol. The Kier molecular flexibility index (Phi) is 2.89. The smallest absolute Gasteiger partial charge is 0.0624 e. The molecule has 1 N–H and O–H groups in total.